The first-order valence-corrected chi connectivity index (χ1v) is 4.24. The molecule has 0 spiro atoms. The zero-order valence-electron chi connectivity index (χ0n) is 8.55. The summed E-state index contributed by atoms with van der Waals surface area (Å²) in [4.78, 5) is 10.0. The number of benzene rings is 1. The highest BCUT2D eigenvalue weighted by Crippen LogP contribution is 2.29. The predicted molar refractivity (Wildman–Crippen MR) is 59.8 cm³/mol. The molecule has 0 aromatic heterocycles. The first-order valence-electron chi connectivity index (χ1n) is 4.24. The minimum atomic E-state index is -0.838. The molecule has 0 saturated carbocycles. The molecule has 0 aliphatic rings. The fourth-order valence-corrected chi connectivity index (χ4v) is 1.17. The van der Waals surface area contributed by atoms with Crippen LogP contribution in [-0.2, 0) is 0 Å². The number of ether oxygens (including phenoxy) is 1. The van der Waals surface area contributed by atoms with Crippen LogP contribution in [0.4, 0.5) is 10.1 Å². The van der Waals surface area contributed by atoms with Crippen LogP contribution in [0.15, 0.2) is 18.2 Å². The standard InChI is InChI=1S/C9H11FN2O3.ClH/c1-15-9-3-2-6(7(11)5-10)4-8(9)12(13)14;/h2-4,7H,5,11H2,1H3;1H/t7-;/m0./s1. The number of nitrogens with zero attached hydrogens (tertiary/aromatic N) is 1. The van der Waals surface area contributed by atoms with E-state index < -0.39 is 17.6 Å². The second-order valence-electron chi connectivity index (χ2n) is 2.95. The van der Waals surface area contributed by atoms with E-state index >= 15 is 0 Å². The highest BCUT2D eigenvalue weighted by Gasteiger charge is 2.17. The molecule has 7 heteroatoms. The molecule has 90 valence electrons. The Morgan fingerprint density at radius 1 is 1.62 bits per heavy atom. The molecule has 1 atom stereocenters. The molecule has 0 unspecified atom stereocenters. The average Bonchev–Trinajstić information content (AvgIpc) is 2.27. The lowest BCUT2D eigenvalue weighted by Crippen LogP contribution is -2.12. The number of nitro benzene ring substituents is 1. The molecule has 0 aliphatic carbocycles. The van der Waals surface area contributed by atoms with Gasteiger partial charge in [0.05, 0.1) is 18.1 Å². The van der Waals surface area contributed by atoms with Crippen molar-refractivity contribution in [3.8, 4) is 5.75 Å². The lowest BCUT2D eigenvalue weighted by Gasteiger charge is -2.08. The summed E-state index contributed by atoms with van der Waals surface area (Å²) in [6.07, 6.45) is 0. The number of rotatable bonds is 4. The summed E-state index contributed by atoms with van der Waals surface area (Å²) in [5.41, 5.74) is 5.59. The zero-order valence-corrected chi connectivity index (χ0v) is 9.37. The Kier molecular flexibility index (Phi) is 5.69. The number of halogens is 2. The molecule has 0 amide bonds. The number of nitrogens with two attached hydrogens (primary N) is 1. The molecule has 16 heavy (non-hydrogen) atoms. The summed E-state index contributed by atoms with van der Waals surface area (Å²) in [7, 11) is 1.33. The summed E-state index contributed by atoms with van der Waals surface area (Å²) >= 11 is 0. The summed E-state index contributed by atoms with van der Waals surface area (Å²) < 4.78 is 17.1. The van der Waals surface area contributed by atoms with Gasteiger partial charge in [-0.3, -0.25) is 10.1 Å². The molecule has 1 aromatic rings. The summed E-state index contributed by atoms with van der Waals surface area (Å²) in [6.45, 7) is -0.760. The molecule has 0 aliphatic heterocycles. The SMILES string of the molecule is COc1ccc([C@@H](N)CF)cc1[N+](=O)[O-].Cl. The Hall–Kier alpha value is -1.40. The van der Waals surface area contributed by atoms with Crippen molar-refractivity contribution in [3.63, 3.8) is 0 Å². The topological polar surface area (TPSA) is 78.4 Å². The lowest BCUT2D eigenvalue weighted by molar-refractivity contribution is -0.385. The van der Waals surface area contributed by atoms with Crippen molar-refractivity contribution < 1.29 is 14.1 Å². The van der Waals surface area contributed by atoms with Gasteiger partial charge in [-0.2, -0.15) is 0 Å². The highest BCUT2D eigenvalue weighted by molar-refractivity contribution is 5.85. The van der Waals surface area contributed by atoms with Gasteiger partial charge in [-0.1, -0.05) is 6.07 Å². The minimum Gasteiger partial charge on any atom is -0.490 e. The molecule has 0 fully saturated rings. The van der Waals surface area contributed by atoms with E-state index in [9.17, 15) is 14.5 Å². The van der Waals surface area contributed by atoms with Crippen LogP contribution in [0.3, 0.4) is 0 Å². The van der Waals surface area contributed by atoms with Crippen molar-refractivity contribution >= 4 is 18.1 Å². The second kappa shape index (κ2) is 6.24. The van der Waals surface area contributed by atoms with E-state index in [4.69, 9.17) is 10.5 Å². The second-order valence-corrected chi connectivity index (χ2v) is 2.95. The Balaban J connectivity index is 0.00000225. The van der Waals surface area contributed by atoms with Crippen molar-refractivity contribution in [2.75, 3.05) is 13.8 Å². The number of methoxy groups -OCH3 is 1. The third-order valence-corrected chi connectivity index (χ3v) is 1.99. The molecular formula is C9H12ClFN2O3. The van der Waals surface area contributed by atoms with E-state index in [0.717, 1.165) is 0 Å². The largest absolute Gasteiger partial charge is 0.490 e. The van der Waals surface area contributed by atoms with Crippen LogP contribution >= 0.6 is 12.4 Å². The molecule has 0 radical (unpaired) electrons. The van der Waals surface area contributed by atoms with Gasteiger partial charge in [-0.25, -0.2) is 4.39 Å². The third kappa shape index (κ3) is 3.04. The van der Waals surface area contributed by atoms with Gasteiger partial charge in [0.1, 0.15) is 6.67 Å². The maximum Gasteiger partial charge on any atom is 0.311 e. The van der Waals surface area contributed by atoms with E-state index in [1.807, 2.05) is 0 Å². The maximum atomic E-state index is 12.3. The van der Waals surface area contributed by atoms with Crippen LogP contribution in [0.5, 0.6) is 5.75 Å². The van der Waals surface area contributed by atoms with Gasteiger partial charge in [-0.15, -0.1) is 12.4 Å². The van der Waals surface area contributed by atoms with Crippen LogP contribution in [-0.4, -0.2) is 18.7 Å². The van der Waals surface area contributed by atoms with Crippen molar-refractivity contribution in [2.45, 2.75) is 6.04 Å². The number of nitro groups is 1. The Morgan fingerprint density at radius 2 is 2.25 bits per heavy atom. The average molecular weight is 251 g/mol. The quantitative estimate of drug-likeness (QED) is 0.655. The van der Waals surface area contributed by atoms with E-state index in [-0.39, 0.29) is 23.8 Å². The van der Waals surface area contributed by atoms with Crippen LogP contribution in [0.1, 0.15) is 11.6 Å². The van der Waals surface area contributed by atoms with E-state index in [0.29, 0.717) is 5.56 Å². The molecule has 1 aromatic carbocycles. The third-order valence-electron chi connectivity index (χ3n) is 1.99. The van der Waals surface area contributed by atoms with Crippen molar-refractivity contribution in [2.24, 2.45) is 5.73 Å². The fourth-order valence-electron chi connectivity index (χ4n) is 1.17. The van der Waals surface area contributed by atoms with Gasteiger partial charge in [-0.05, 0) is 11.6 Å². The molecule has 5 nitrogen and oxygen atoms in total. The maximum absolute atomic E-state index is 12.3. The van der Waals surface area contributed by atoms with Crippen LogP contribution in [0.25, 0.3) is 0 Å². The van der Waals surface area contributed by atoms with E-state index in [2.05, 4.69) is 0 Å². The van der Waals surface area contributed by atoms with Gasteiger partial charge in [0.2, 0.25) is 0 Å². The Morgan fingerprint density at radius 3 is 2.69 bits per heavy atom. The van der Waals surface area contributed by atoms with Gasteiger partial charge in [0, 0.05) is 6.07 Å². The van der Waals surface area contributed by atoms with Gasteiger partial charge < -0.3 is 10.5 Å². The fraction of sp³-hybridized carbons (Fsp3) is 0.333. The van der Waals surface area contributed by atoms with Crippen LogP contribution in [0.2, 0.25) is 0 Å². The Labute approximate surface area is 98.0 Å². The molecule has 1 rings (SSSR count). The molecule has 0 saturated heterocycles. The van der Waals surface area contributed by atoms with E-state index in [1.54, 1.807) is 0 Å². The van der Waals surface area contributed by atoms with Gasteiger partial charge >= 0.3 is 5.69 Å². The summed E-state index contributed by atoms with van der Waals surface area (Å²) in [5.74, 6) is 0.134. The highest BCUT2D eigenvalue weighted by atomic mass is 35.5. The van der Waals surface area contributed by atoms with Crippen LogP contribution < -0.4 is 10.5 Å². The van der Waals surface area contributed by atoms with Crippen molar-refractivity contribution in [1.29, 1.82) is 0 Å². The summed E-state index contributed by atoms with van der Waals surface area (Å²) in [6, 6.07) is 3.30. The Bertz CT molecular complexity index is 376. The summed E-state index contributed by atoms with van der Waals surface area (Å²) in [5, 5.41) is 10.6. The number of alkyl halides is 1. The first kappa shape index (κ1) is 14.6. The lowest BCUT2D eigenvalue weighted by atomic mass is 10.1. The zero-order chi connectivity index (χ0) is 11.4. The van der Waals surface area contributed by atoms with Crippen LogP contribution in [0, 0.1) is 10.1 Å². The van der Waals surface area contributed by atoms with Gasteiger partial charge in [0.25, 0.3) is 0 Å². The van der Waals surface area contributed by atoms with E-state index in [1.165, 1.54) is 25.3 Å². The number of hydrogen-bond donors (Lipinski definition) is 1. The molecule has 0 bridgehead atoms. The molecule has 0 heterocycles. The smallest absolute Gasteiger partial charge is 0.311 e. The van der Waals surface area contributed by atoms with Crippen molar-refractivity contribution in [1.82, 2.24) is 0 Å². The normalized spacial score (nSPS) is 11.4. The molecule has 2 N–H and O–H groups in total. The molecular weight excluding hydrogens is 239 g/mol. The monoisotopic (exact) mass is 250 g/mol. The predicted octanol–water partition coefficient (Wildman–Crippen LogP) is 1.99. The van der Waals surface area contributed by atoms with Crippen molar-refractivity contribution in [3.05, 3.63) is 33.9 Å². The number of hydrogen-bond acceptors (Lipinski definition) is 4. The first-order chi connectivity index (χ1) is 7.10. The van der Waals surface area contributed by atoms with Gasteiger partial charge in [0.15, 0.2) is 5.75 Å². The minimum absolute atomic E-state index is 0.